The van der Waals surface area contributed by atoms with Crippen molar-refractivity contribution in [3.8, 4) is 5.88 Å². The average molecular weight is 251 g/mol. The molecule has 1 aromatic heterocycles. The van der Waals surface area contributed by atoms with Crippen LogP contribution in [0.5, 0.6) is 5.88 Å². The van der Waals surface area contributed by atoms with Crippen molar-refractivity contribution in [3.05, 3.63) is 11.9 Å². The summed E-state index contributed by atoms with van der Waals surface area (Å²) in [5, 5.41) is 2.51. The lowest BCUT2D eigenvalue weighted by Crippen LogP contribution is -2.14. The van der Waals surface area contributed by atoms with Crippen LogP contribution in [0.1, 0.15) is 5.82 Å². The number of methoxy groups -OCH3 is 1. The molecule has 1 N–H and O–H groups in total. The molecular formula is C9H12F3N3O2. The van der Waals surface area contributed by atoms with Crippen LogP contribution >= 0.6 is 0 Å². The first-order valence-electron chi connectivity index (χ1n) is 4.73. The molecule has 0 atom stereocenters. The molecule has 0 aliphatic rings. The van der Waals surface area contributed by atoms with Gasteiger partial charge in [0.1, 0.15) is 12.4 Å². The fraction of sp³-hybridized carbons (Fsp3) is 0.556. The monoisotopic (exact) mass is 251 g/mol. The van der Waals surface area contributed by atoms with E-state index in [1.165, 1.54) is 20.2 Å². The van der Waals surface area contributed by atoms with E-state index in [0.717, 1.165) is 0 Å². The Labute approximate surface area is 96.0 Å². The smallest absolute Gasteiger partial charge is 0.451 e. The third-order valence-electron chi connectivity index (χ3n) is 1.75. The van der Waals surface area contributed by atoms with Crippen LogP contribution in [-0.4, -0.2) is 37.3 Å². The Bertz CT molecular complexity index is 371. The van der Waals surface area contributed by atoms with Crippen molar-refractivity contribution < 1.29 is 22.6 Å². The second kappa shape index (κ2) is 5.67. The highest BCUT2D eigenvalue weighted by molar-refractivity contribution is 5.38. The number of hydrogen-bond acceptors (Lipinski definition) is 5. The van der Waals surface area contributed by atoms with Gasteiger partial charge in [-0.05, 0) is 0 Å². The van der Waals surface area contributed by atoms with Crippen molar-refractivity contribution in [3.63, 3.8) is 0 Å². The van der Waals surface area contributed by atoms with Crippen LogP contribution in [-0.2, 0) is 10.9 Å². The Morgan fingerprint density at radius 3 is 2.53 bits per heavy atom. The molecule has 1 aromatic rings. The molecule has 5 nitrogen and oxygen atoms in total. The largest absolute Gasteiger partial charge is 0.475 e. The van der Waals surface area contributed by atoms with E-state index in [4.69, 9.17) is 9.47 Å². The average Bonchev–Trinajstić information content (AvgIpc) is 2.28. The van der Waals surface area contributed by atoms with E-state index in [1.54, 1.807) is 0 Å². The van der Waals surface area contributed by atoms with Gasteiger partial charge < -0.3 is 14.8 Å². The fourth-order valence-electron chi connectivity index (χ4n) is 0.983. The summed E-state index contributed by atoms with van der Waals surface area (Å²) < 4.78 is 47.0. The Balaban J connectivity index is 2.89. The minimum absolute atomic E-state index is 0.0414. The predicted octanol–water partition coefficient (Wildman–Crippen LogP) is 1.56. The molecule has 8 heteroatoms. The summed E-state index contributed by atoms with van der Waals surface area (Å²) in [6.45, 7) is 0.383. The van der Waals surface area contributed by atoms with Crippen molar-refractivity contribution in [1.29, 1.82) is 0 Å². The quantitative estimate of drug-likeness (QED) is 0.805. The number of anilines is 1. The maximum Gasteiger partial charge on any atom is 0.451 e. The van der Waals surface area contributed by atoms with Crippen molar-refractivity contribution in [2.45, 2.75) is 6.18 Å². The molecule has 0 saturated heterocycles. The van der Waals surface area contributed by atoms with Crippen molar-refractivity contribution >= 4 is 5.82 Å². The van der Waals surface area contributed by atoms with Gasteiger partial charge in [-0.3, -0.25) is 0 Å². The van der Waals surface area contributed by atoms with Crippen LogP contribution in [0, 0.1) is 0 Å². The zero-order chi connectivity index (χ0) is 12.9. The minimum atomic E-state index is -4.60. The van der Waals surface area contributed by atoms with Gasteiger partial charge in [0.15, 0.2) is 0 Å². The Hall–Kier alpha value is -1.57. The van der Waals surface area contributed by atoms with E-state index in [0.29, 0.717) is 0 Å². The lowest BCUT2D eigenvalue weighted by atomic mass is 10.5. The number of halogens is 3. The summed E-state index contributed by atoms with van der Waals surface area (Å²) in [5.74, 6) is -1.34. The number of nitrogens with one attached hydrogen (secondary N) is 1. The van der Waals surface area contributed by atoms with Crippen molar-refractivity contribution in [2.75, 3.05) is 32.7 Å². The summed E-state index contributed by atoms with van der Waals surface area (Å²) in [4.78, 5) is 6.56. The maximum atomic E-state index is 12.4. The molecule has 1 heterocycles. The highest BCUT2D eigenvalue weighted by Gasteiger charge is 2.35. The molecule has 1 rings (SSSR count). The van der Waals surface area contributed by atoms with Crippen molar-refractivity contribution in [1.82, 2.24) is 9.97 Å². The van der Waals surface area contributed by atoms with Gasteiger partial charge >= 0.3 is 6.18 Å². The van der Waals surface area contributed by atoms with E-state index in [1.807, 2.05) is 0 Å². The zero-order valence-electron chi connectivity index (χ0n) is 9.34. The second-order valence-corrected chi connectivity index (χ2v) is 3.00. The first kappa shape index (κ1) is 13.5. The van der Waals surface area contributed by atoms with Crippen LogP contribution in [0.15, 0.2) is 6.07 Å². The number of ether oxygens (including phenoxy) is 2. The molecule has 0 spiro atoms. The molecule has 0 radical (unpaired) electrons. The van der Waals surface area contributed by atoms with E-state index in [9.17, 15) is 13.2 Å². The van der Waals surface area contributed by atoms with Crippen LogP contribution in [0.25, 0.3) is 0 Å². The van der Waals surface area contributed by atoms with E-state index >= 15 is 0 Å². The van der Waals surface area contributed by atoms with Gasteiger partial charge in [0.2, 0.25) is 11.7 Å². The van der Waals surface area contributed by atoms with E-state index in [2.05, 4.69) is 15.3 Å². The highest BCUT2D eigenvalue weighted by atomic mass is 19.4. The first-order valence-corrected chi connectivity index (χ1v) is 4.73. The zero-order valence-corrected chi connectivity index (χ0v) is 9.34. The Morgan fingerprint density at radius 2 is 2.00 bits per heavy atom. The summed E-state index contributed by atoms with van der Waals surface area (Å²) in [6.07, 6.45) is -4.60. The molecule has 17 heavy (non-hydrogen) atoms. The third-order valence-corrected chi connectivity index (χ3v) is 1.75. The minimum Gasteiger partial charge on any atom is -0.475 e. The molecule has 96 valence electrons. The summed E-state index contributed by atoms with van der Waals surface area (Å²) >= 11 is 0. The third kappa shape index (κ3) is 4.06. The van der Waals surface area contributed by atoms with Crippen molar-refractivity contribution in [2.24, 2.45) is 0 Å². The molecular weight excluding hydrogens is 239 g/mol. The molecule has 0 saturated carbocycles. The second-order valence-electron chi connectivity index (χ2n) is 3.00. The normalized spacial score (nSPS) is 11.4. The molecule has 0 unspecified atom stereocenters. The standard InChI is InChI=1S/C9H12F3N3O2/c1-13-6-5-7(17-4-3-16-2)15-8(14-6)9(10,11)12/h5H,3-4H2,1-2H3,(H,13,14,15). The van der Waals surface area contributed by atoms with Crippen LogP contribution in [0.2, 0.25) is 0 Å². The highest BCUT2D eigenvalue weighted by Crippen LogP contribution is 2.28. The van der Waals surface area contributed by atoms with E-state index in [-0.39, 0.29) is 24.9 Å². The number of nitrogens with zero attached hydrogens (tertiary/aromatic N) is 2. The molecule has 0 aromatic carbocycles. The van der Waals surface area contributed by atoms with Crippen LogP contribution in [0.4, 0.5) is 19.0 Å². The van der Waals surface area contributed by atoms with Gasteiger partial charge in [0.25, 0.3) is 0 Å². The van der Waals surface area contributed by atoms with Crippen LogP contribution in [0.3, 0.4) is 0 Å². The van der Waals surface area contributed by atoms with E-state index < -0.39 is 12.0 Å². The molecule has 0 amide bonds. The van der Waals surface area contributed by atoms with Gasteiger partial charge in [-0.25, -0.2) is 4.98 Å². The van der Waals surface area contributed by atoms with Gasteiger partial charge in [-0.1, -0.05) is 0 Å². The van der Waals surface area contributed by atoms with Gasteiger partial charge in [-0.2, -0.15) is 18.2 Å². The molecule has 0 aliphatic heterocycles. The summed E-state index contributed by atoms with van der Waals surface area (Å²) in [7, 11) is 2.92. The maximum absolute atomic E-state index is 12.4. The molecule has 0 aliphatic carbocycles. The lowest BCUT2D eigenvalue weighted by molar-refractivity contribution is -0.145. The molecule has 0 fully saturated rings. The number of alkyl halides is 3. The van der Waals surface area contributed by atoms with Gasteiger partial charge in [0, 0.05) is 20.2 Å². The SMILES string of the molecule is CNc1cc(OCCOC)nc(C(F)(F)F)n1. The fourth-order valence-corrected chi connectivity index (χ4v) is 0.983. The summed E-state index contributed by atoms with van der Waals surface area (Å²) in [5.41, 5.74) is 0. The topological polar surface area (TPSA) is 56.3 Å². The Kier molecular flexibility index (Phi) is 4.50. The Morgan fingerprint density at radius 1 is 1.29 bits per heavy atom. The summed E-state index contributed by atoms with van der Waals surface area (Å²) in [6, 6.07) is 1.28. The lowest BCUT2D eigenvalue weighted by Gasteiger charge is -2.10. The number of hydrogen-bond donors (Lipinski definition) is 1. The predicted molar refractivity (Wildman–Crippen MR) is 54.0 cm³/mol. The van der Waals surface area contributed by atoms with Crippen LogP contribution < -0.4 is 10.1 Å². The first-order chi connectivity index (χ1) is 7.97. The van der Waals surface area contributed by atoms with Gasteiger partial charge in [0.05, 0.1) is 6.61 Å². The number of rotatable bonds is 5. The molecule has 0 bridgehead atoms. The number of aromatic nitrogens is 2. The van der Waals surface area contributed by atoms with Gasteiger partial charge in [-0.15, -0.1) is 0 Å².